The number of nitrogens with zero attached hydrogens (tertiary/aromatic N) is 3. The summed E-state index contributed by atoms with van der Waals surface area (Å²) < 4.78 is 32.8. The lowest BCUT2D eigenvalue weighted by atomic mass is 10.1. The molecule has 2 aromatic carbocycles. The minimum Gasteiger partial charge on any atom is -0.478 e. The van der Waals surface area contributed by atoms with Crippen molar-refractivity contribution in [1.82, 2.24) is 9.97 Å². The average molecular weight is 490 g/mol. The molecule has 0 radical (unpaired) electrons. The number of aromatic nitrogens is 2. The Hall–Kier alpha value is -4.41. The summed E-state index contributed by atoms with van der Waals surface area (Å²) in [5.41, 5.74) is 1.40. The molecule has 0 saturated heterocycles. The van der Waals surface area contributed by atoms with Crippen molar-refractivity contribution in [2.75, 3.05) is 0 Å². The molecular weight excluding hydrogens is 468 g/mol. The number of benzene rings is 2. The number of carboxylic acids is 1. The minimum absolute atomic E-state index is 0.104. The van der Waals surface area contributed by atoms with Crippen LogP contribution in [0.25, 0.3) is 0 Å². The van der Waals surface area contributed by atoms with E-state index in [0.29, 0.717) is 11.3 Å². The predicted octanol–water partition coefficient (Wildman–Crippen LogP) is 3.58. The van der Waals surface area contributed by atoms with E-state index in [4.69, 9.17) is 9.88 Å². The fourth-order valence-electron chi connectivity index (χ4n) is 3.37. The van der Waals surface area contributed by atoms with E-state index >= 15 is 0 Å². The fraction of sp³-hybridized carbons (Fsp3) is 0.0400. The quantitative estimate of drug-likeness (QED) is 0.285. The van der Waals surface area contributed by atoms with Crippen LogP contribution >= 0.6 is 0 Å². The second-order valence-electron chi connectivity index (χ2n) is 7.49. The number of ether oxygens (including phenoxy) is 1. The Labute approximate surface area is 201 Å². The van der Waals surface area contributed by atoms with Gasteiger partial charge in [-0.25, -0.2) is 18.4 Å². The molecule has 176 valence electrons. The fourth-order valence-corrected chi connectivity index (χ4v) is 4.06. The van der Waals surface area contributed by atoms with Crippen molar-refractivity contribution in [3.05, 3.63) is 108 Å². The number of hydrogen-bond donors (Lipinski definition) is 2. The van der Waals surface area contributed by atoms with E-state index in [1.807, 2.05) is 12.1 Å². The molecule has 35 heavy (non-hydrogen) atoms. The normalized spacial score (nSPS) is 11.7. The van der Waals surface area contributed by atoms with Gasteiger partial charge in [-0.3, -0.25) is 9.97 Å². The van der Waals surface area contributed by atoms with Gasteiger partial charge in [0.15, 0.2) is 12.8 Å². The van der Waals surface area contributed by atoms with E-state index in [2.05, 4.69) is 9.97 Å². The molecule has 0 aliphatic heterocycles. The smallest absolute Gasteiger partial charge is 0.335 e. The Morgan fingerprint density at radius 1 is 1.00 bits per heavy atom. The molecule has 0 bridgehead atoms. The van der Waals surface area contributed by atoms with E-state index in [9.17, 15) is 18.3 Å². The van der Waals surface area contributed by atoms with E-state index in [0.717, 1.165) is 11.6 Å². The Kier molecular flexibility index (Phi) is 6.95. The van der Waals surface area contributed by atoms with E-state index in [-0.39, 0.29) is 23.5 Å². The van der Waals surface area contributed by atoms with Crippen LogP contribution in [-0.2, 0) is 16.6 Å². The topological polar surface area (TPSA) is 135 Å². The lowest BCUT2D eigenvalue weighted by Crippen LogP contribution is -2.17. The van der Waals surface area contributed by atoms with Crippen molar-refractivity contribution in [3.8, 4) is 11.5 Å². The van der Waals surface area contributed by atoms with Crippen LogP contribution < -0.4 is 9.88 Å². The molecule has 4 aromatic rings. The summed E-state index contributed by atoms with van der Waals surface area (Å²) in [6.45, 7) is 0.223. The number of carboxylic acid groups (broad SMARTS) is 1. The molecule has 2 heterocycles. The van der Waals surface area contributed by atoms with Crippen molar-refractivity contribution >= 4 is 27.9 Å². The zero-order chi connectivity index (χ0) is 24.8. The third-order valence-corrected chi connectivity index (χ3v) is 5.84. The summed E-state index contributed by atoms with van der Waals surface area (Å²) in [5.74, 6) is -1.07. The highest BCUT2D eigenvalue weighted by molar-refractivity contribution is 7.89. The maximum Gasteiger partial charge on any atom is 0.335 e. The minimum atomic E-state index is -4.36. The van der Waals surface area contributed by atoms with Gasteiger partial charge in [0.2, 0.25) is 15.8 Å². The van der Waals surface area contributed by atoms with Gasteiger partial charge >= 0.3 is 5.97 Å². The first-order valence-corrected chi connectivity index (χ1v) is 11.9. The summed E-state index contributed by atoms with van der Waals surface area (Å²) in [6.07, 6.45) is 8.24. The summed E-state index contributed by atoms with van der Waals surface area (Å²) >= 11 is 0. The second-order valence-corrected chi connectivity index (χ2v) is 9.02. The zero-order valence-electron chi connectivity index (χ0n) is 18.4. The van der Waals surface area contributed by atoms with E-state index in [1.165, 1.54) is 6.07 Å². The molecule has 2 aromatic heterocycles. The molecule has 0 fully saturated rings. The van der Waals surface area contributed by atoms with Gasteiger partial charge in [-0.2, -0.15) is 4.58 Å². The second kappa shape index (κ2) is 10.2. The van der Waals surface area contributed by atoms with Gasteiger partial charge in [0.05, 0.1) is 11.1 Å². The number of sulfonamides is 1. The van der Waals surface area contributed by atoms with E-state index in [1.54, 1.807) is 78.0 Å². The largest absolute Gasteiger partial charge is 0.478 e. The summed E-state index contributed by atoms with van der Waals surface area (Å²) in [6, 6.07) is 18.0. The number of nitrogens with two attached hydrogens (primary N) is 1. The number of pyridine rings is 2. The Morgan fingerprint density at radius 2 is 1.71 bits per heavy atom. The van der Waals surface area contributed by atoms with Crippen LogP contribution in [0.1, 0.15) is 21.5 Å². The summed E-state index contributed by atoms with van der Waals surface area (Å²) in [7, 11) is -4.36. The molecule has 0 spiro atoms. The lowest BCUT2D eigenvalue weighted by molar-refractivity contribution is -0.453. The molecule has 9 nitrogen and oxygen atoms in total. The van der Waals surface area contributed by atoms with Gasteiger partial charge in [-0.15, -0.1) is 0 Å². The number of rotatable bonds is 8. The first-order valence-electron chi connectivity index (χ1n) is 10.4. The first-order chi connectivity index (χ1) is 16.8. The molecule has 0 amide bonds. The monoisotopic (exact) mass is 489 g/mol. The average Bonchev–Trinajstić information content (AvgIpc) is 2.85. The van der Waals surface area contributed by atoms with Crippen molar-refractivity contribution < 1.29 is 27.6 Å². The maximum atomic E-state index is 12.6. The molecular formula is C25H21N4O5S+. The zero-order valence-corrected chi connectivity index (χ0v) is 19.2. The number of carbonyl (C=O) groups is 1. The van der Waals surface area contributed by atoms with Crippen molar-refractivity contribution in [1.29, 1.82) is 0 Å². The molecule has 10 heteroatoms. The SMILES string of the molecule is NS(=O)(=O)c1cc(C(=O)O)cc([N+](=Cc2cccnc2)Cc2cccnc2)c1Oc1ccccc1. The van der Waals surface area contributed by atoms with Crippen LogP contribution in [0.3, 0.4) is 0 Å². The molecule has 0 unspecified atom stereocenters. The third kappa shape index (κ3) is 5.94. The highest BCUT2D eigenvalue weighted by Crippen LogP contribution is 2.39. The highest BCUT2D eigenvalue weighted by Gasteiger charge is 2.29. The van der Waals surface area contributed by atoms with Crippen LogP contribution in [-0.4, -0.2) is 40.3 Å². The molecule has 4 rings (SSSR count). The molecule has 0 aliphatic rings. The van der Waals surface area contributed by atoms with Gasteiger partial charge in [0.25, 0.3) is 5.69 Å². The van der Waals surface area contributed by atoms with Gasteiger partial charge in [0.1, 0.15) is 10.6 Å². The molecule has 0 aliphatic carbocycles. The van der Waals surface area contributed by atoms with Gasteiger partial charge in [0, 0.05) is 36.4 Å². The number of hydrogen-bond acceptors (Lipinski definition) is 6. The molecule has 0 saturated carbocycles. The lowest BCUT2D eigenvalue weighted by Gasteiger charge is -2.14. The van der Waals surface area contributed by atoms with Crippen LogP contribution in [0.5, 0.6) is 11.5 Å². The van der Waals surface area contributed by atoms with Gasteiger partial charge in [-0.1, -0.05) is 18.2 Å². The first kappa shape index (κ1) is 23.7. The van der Waals surface area contributed by atoms with Crippen LogP contribution in [0.15, 0.2) is 96.4 Å². The predicted molar refractivity (Wildman–Crippen MR) is 129 cm³/mol. The van der Waals surface area contributed by atoms with Crippen molar-refractivity contribution in [2.24, 2.45) is 5.14 Å². The van der Waals surface area contributed by atoms with Crippen LogP contribution in [0.4, 0.5) is 5.69 Å². The van der Waals surface area contributed by atoms with Gasteiger partial charge in [-0.05, 0) is 42.5 Å². The van der Waals surface area contributed by atoms with Crippen molar-refractivity contribution in [3.63, 3.8) is 0 Å². The summed E-state index contributed by atoms with van der Waals surface area (Å²) in [5, 5.41) is 15.2. The maximum absolute atomic E-state index is 12.6. The Morgan fingerprint density at radius 3 is 2.31 bits per heavy atom. The van der Waals surface area contributed by atoms with Crippen molar-refractivity contribution in [2.45, 2.75) is 11.4 Å². The number of primary sulfonamides is 1. The van der Waals surface area contributed by atoms with Crippen LogP contribution in [0.2, 0.25) is 0 Å². The summed E-state index contributed by atoms with van der Waals surface area (Å²) in [4.78, 5) is 19.7. The molecule has 0 atom stereocenters. The Bertz CT molecular complexity index is 1480. The van der Waals surface area contributed by atoms with Crippen LogP contribution in [0, 0.1) is 0 Å². The van der Waals surface area contributed by atoms with Gasteiger partial charge < -0.3 is 9.84 Å². The highest BCUT2D eigenvalue weighted by atomic mass is 32.2. The Balaban J connectivity index is 2.01. The third-order valence-electron chi connectivity index (χ3n) is 4.93. The van der Waals surface area contributed by atoms with E-state index < -0.39 is 20.9 Å². The number of aromatic carboxylic acids is 1. The number of para-hydroxylation sites is 1. The standard InChI is InChI=1S/C25H20N4O5S/c26-35(32,33)23-13-20(25(30)31)12-22(24(23)34-21-8-2-1-3-9-21)29(16-18-6-4-10-27-14-18)17-19-7-5-11-28-15-19/h1-16H,17H2,(H2-,26,30,31,32,33)/p+1. The molecule has 3 N–H and O–H groups in total.